The fourth-order valence-electron chi connectivity index (χ4n) is 1.52. The molecule has 0 fully saturated rings. The number of esters is 1. The number of ether oxygens (including phenoxy) is 1. The molecule has 1 aromatic carbocycles. The number of carboxylic acids is 1. The van der Waals surface area contributed by atoms with E-state index in [4.69, 9.17) is 9.84 Å². The topological polar surface area (TPSA) is 63.6 Å². The zero-order valence-corrected chi connectivity index (χ0v) is 10.4. The van der Waals surface area contributed by atoms with Gasteiger partial charge in [0.25, 0.3) is 0 Å². The van der Waals surface area contributed by atoms with Crippen LogP contribution in [0.1, 0.15) is 41.0 Å². The normalized spacial score (nSPS) is 12.3. The van der Waals surface area contributed by atoms with Crippen LogP contribution in [0.2, 0.25) is 0 Å². The van der Waals surface area contributed by atoms with Gasteiger partial charge in [-0.2, -0.15) is 0 Å². The molecule has 0 spiro atoms. The minimum absolute atomic E-state index is 0.0437. The van der Waals surface area contributed by atoms with Crippen LogP contribution in [-0.2, 0) is 4.74 Å². The molecule has 1 rings (SSSR count). The molecule has 4 heteroatoms. The second-order valence-corrected chi connectivity index (χ2v) is 3.73. The van der Waals surface area contributed by atoms with E-state index in [0.717, 1.165) is 0 Å². The number of rotatable bonds is 5. The van der Waals surface area contributed by atoms with Gasteiger partial charge in [-0.05, 0) is 31.6 Å². The highest BCUT2D eigenvalue weighted by Gasteiger charge is 2.18. The van der Waals surface area contributed by atoms with Gasteiger partial charge >= 0.3 is 11.9 Å². The average molecular weight is 248 g/mol. The highest BCUT2D eigenvalue weighted by Crippen LogP contribution is 2.13. The van der Waals surface area contributed by atoms with Gasteiger partial charge < -0.3 is 9.84 Å². The Morgan fingerprint density at radius 2 is 1.94 bits per heavy atom. The van der Waals surface area contributed by atoms with E-state index in [1.807, 2.05) is 13.8 Å². The number of hydrogen-bond donors (Lipinski definition) is 1. The number of hydrogen-bond acceptors (Lipinski definition) is 3. The van der Waals surface area contributed by atoms with E-state index in [0.29, 0.717) is 6.42 Å². The lowest BCUT2D eigenvalue weighted by Gasteiger charge is -2.13. The lowest BCUT2D eigenvalue weighted by molar-refractivity contribution is 0.0381. The molecule has 0 unspecified atom stereocenters. The van der Waals surface area contributed by atoms with Gasteiger partial charge in [0.05, 0.1) is 11.1 Å². The van der Waals surface area contributed by atoms with Crippen molar-refractivity contribution >= 4 is 11.9 Å². The van der Waals surface area contributed by atoms with Gasteiger partial charge in [0.15, 0.2) is 0 Å². The fraction of sp³-hybridized carbons (Fsp3) is 0.286. The quantitative estimate of drug-likeness (QED) is 0.642. The van der Waals surface area contributed by atoms with Crippen LogP contribution in [0, 0.1) is 0 Å². The molecule has 0 aromatic heterocycles. The van der Waals surface area contributed by atoms with Crippen LogP contribution in [0.4, 0.5) is 0 Å². The molecule has 1 atom stereocenters. The maximum absolute atomic E-state index is 11.9. The van der Waals surface area contributed by atoms with Crippen molar-refractivity contribution in [3.05, 3.63) is 47.5 Å². The molecule has 0 bridgehead atoms. The third kappa shape index (κ3) is 3.45. The van der Waals surface area contributed by atoms with Crippen molar-refractivity contribution in [3.8, 4) is 0 Å². The molecule has 0 aliphatic heterocycles. The largest absolute Gasteiger partial charge is 0.478 e. The minimum atomic E-state index is -1.14. The molecule has 18 heavy (non-hydrogen) atoms. The lowest BCUT2D eigenvalue weighted by Crippen LogP contribution is -2.18. The lowest BCUT2D eigenvalue weighted by atomic mass is 10.1. The van der Waals surface area contributed by atoms with Gasteiger partial charge in [0.1, 0.15) is 6.10 Å². The number of allylic oxidation sites excluding steroid dienone is 1. The first-order valence-corrected chi connectivity index (χ1v) is 5.76. The minimum Gasteiger partial charge on any atom is -0.478 e. The van der Waals surface area contributed by atoms with Gasteiger partial charge in [-0.1, -0.05) is 25.1 Å². The van der Waals surface area contributed by atoms with Crippen molar-refractivity contribution in [2.45, 2.75) is 26.4 Å². The molecule has 0 radical (unpaired) electrons. The third-order valence-electron chi connectivity index (χ3n) is 2.45. The van der Waals surface area contributed by atoms with Crippen molar-refractivity contribution < 1.29 is 19.4 Å². The van der Waals surface area contributed by atoms with E-state index < -0.39 is 11.9 Å². The van der Waals surface area contributed by atoms with E-state index in [9.17, 15) is 9.59 Å². The summed E-state index contributed by atoms with van der Waals surface area (Å²) in [5, 5.41) is 8.99. The van der Waals surface area contributed by atoms with Crippen LogP contribution < -0.4 is 0 Å². The highest BCUT2D eigenvalue weighted by molar-refractivity contribution is 6.02. The smallest absolute Gasteiger partial charge is 0.339 e. The second-order valence-electron chi connectivity index (χ2n) is 3.73. The number of benzene rings is 1. The summed E-state index contributed by atoms with van der Waals surface area (Å²) in [4.78, 5) is 22.9. The molecule has 1 N–H and O–H groups in total. The molecule has 0 saturated carbocycles. The van der Waals surface area contributed by atoms with Crippen LogP contribution in [-0.4, -0.2) is 23.1 Å². The van der Waals surface area contributed by atoms with Gasteiger partial charge in [0, 0.05) is 0 Å². The Morgan fingerprint density at radius 1 is 1.33 bits per heavy atom. The van der Waals surface area contributed by atoms with Gasteiger partial charge in [-0.15, -0.1) is 0 Å². The summed E-state index contributed by atoms with van der Waals surface area (Å²) in [6.45, 7) is 3.72. The molecule has 0 heterocycles. The summed E-state index contributed by atoms with van der Waals surface area (Å²) in [5.74, 6) is -1.75. The van der Waals surface area contributed by atoms with E-state index in [-0.39, 0.29) is 17.2 Å². The SMILES string of the molecule is C/C=C/[C@@H](CC)OC(=O)c1ccccc1C(=O)O. The average Bonchev–Trinajstić information content (AvgIpc) is 2.38. The number of aromatic carboxylic acids is 1. The van der Waals surface area contributed by atoms with Crippen LogP contribution in [0.3, 0.4) is 0 Å². The van der Waals surface area contributed by atoms with Gasteiger partial charge in [-0.25, -0.2) is 9.59 Å². The summed E-state index contributed by atoms with van der Waals surface area (Å²) in [6, 6.07) is 6.02. The summed E-state index contributed by atoms with van der Waals surface area (Å²) >= 11 is 0. The van der Waals surface area contributed by atoms with Crippen LogP contribution in [0.15, 0.2) is 36.4 Å². The Balaban J connectivity index is 2.94. The van der Waals surface area contributed by atoms with E-state index in [1.165, 1.54) is 12.1 Å². The van der Waals surface area contributed by atoms with Gasteiger partial charge in [-0.3, -0.25) is 0 Å². The molecule has 0 saturated heterocycles. The highest BCUT2D eigenvalue weighted by atomic mass is 16.5. The van der Waals surface area contributed by atoms with Crippen molar-refractivity contribution in [3.63, 3.8) is 0 Å². The summed E-state index contributed by atoms with van der Waals surface area (Å²) in [5.41, 5.74) is 0.0331. The Bertz CT molecular complexity index is 463. The molecule has 0 aliphatic rings. The Kier molecular flexibility index (Phi) is 5.11. The van der Waals surface area contributed by atoms with Crippen molar-refractivity contribution in [2.75, 3.05) is 0 Å². The fourth-order valence-corrected chi connectivity index (χ4v) is 1.52. The monoisotopic (exact) mass is 248 g/mol. The maximum Gasteiger partial charge on any atom is 0.339 e. The molecule has 96 valence electrons. The first-order chi connectivity index (χ1) is 8.60. The van der Waals surface area contributed by atoms with E-state index in [1.54, 1.807) is 24.3 Å². The van der Waals surface area contributed by atoms with Crippen molar-refractivity contribution in [1.82, 2.24) is 0 Å². The third-order valence-corrected chi connectivity index (χ3v) is 2.45. The van der Waals surface area contributed by atoms with Crippen LogP contribution in [0.25, 0.3) is 0 Å². The summed E-state index contributed by atoms with van der Waals surface area (Å²) in [7, 11) is 0. The Hall–Kier alpha value is -2.10. The predicted molar refractivity (Wildman–Crippen MR) is 67.7 cm³/mol. The standard InChI is InChI=1S/C14H16O4/c1-3-7-10(4-2)18-14(17)12-9-6-5-8-11(12)13(15)16/h3,5-10H,4H2,1-2H3,(H,15,16)/b7-3+/t10-/m1/s1. The molecule has 0 aliphatic carbocycles. The number of carbonyl (C=O) groups excluding carboxylic acids is 1. The zero-order chi connectivity index (χ0) is 13.5. The molecule has 1 aromatic rings. The molecular weight excluding hydrogens is 232 g/mol. The molecule has 4 nitrogen and oxygen atoms in total. The molecule has 0 amide bonds. The molecular formula is C14H16O4. The predicted octanol–water partition coefficient (Wildman–Crippen LogP) is 2.90. The van der Waals surface area contributed by atoms with Crippen LogP contribution >= 0.6 is 0 Å². The first-order valence-electron chi connectivity index (χ1n) is 5.76. The van der Waals surface area contributed by atoms with Crippen LogP contribution in [0.5, 0.6) is 0 Å². The van der Waals surface area contributed by atoms with Gasteiger partial charge in [0.2, 0.25) is 0 Å². The van der Waals surface area contributed by atoms with E-state index in [2.05, 4.69) is 0 Å². The van der Waals surface area contributed by atoms with Crippen molar-refractivity contribution in [2.24, 2.45) is 0 Å². The summed E-state index contributed by atoms with van der Waals surface area (Å²) < 4.78 is 5.23. The number of carboxylic acid groups (broad SMARTS) is 1. The second kappa shape index (κ2) is 6.59. The van der Waals surface area contributed by atoms with Crippen molar-refractivity contribution in [1.29, 1.82) is 0 Å². The number of carbonyl (C=O) groups is 2. The Morgan fingerprint density at radius 3 is 2.44 bits per heavy atom. The van der Waals surface area contributed by atoms with E-state index >= 15 is 0 Å². The zero-order valence-electron chi connectivity index (χ0n) is 10.4. The first kappa shape index (κ1) is 14.0. The maximum atomic E-state index is 11.9. The Labute approximate surface area is 106 Å². The summed E-state index contributed by atoms with van der Waals surface area (Å²) in [6.07, 6.45) is 3.88.